The summed E-state index contributed by atoms with van der Waals surface area (Å²) >= 11 is 0. The van der Waals surface area contributed by atoms with Gasteiger partial charge in [0.05, 0.1) is 10.9 Å². The summed E-state index contributed by atoms with van der Waals surface area (Å²) in [6.07, 6.45) is 0.0431. The van der Waals surface area contributed by atoms with Gasteiger partial charge in [-0.1, -0.05) is 24.3 Å². The molecule has 0 amide bonds. The Labute approximate surface area is 137 Å². The van der Waals surface area contributed by atoms with Crippen LogP contribution in [0.2, 0.25) is 0 Å². The van der Waals surface area contributed by atoms with Crippen LogP contribution in [0.15, 0.2) is 57.7 Å². The smallest absolute Gasteiger partial charge is 0.343 e. The number of aromatic hydroxyl groups is 2. The van der Waals surface area contributed by atoms with Crippen LogP contribution in [0.25, 0.3) is 11.0 Å². The zero-order chi connectivity index (χ0) is 17.3. The fraction of sp³-hybridized carbons (Fsp3) is 0.158. The average Bonchev–Trinajstić information content (AvgIpc) is 2.54. The number of hydrogen-bond donors (Lipinski definition) is 2. The molecule has 5 nitrogen and oxygen atoms in total. The van der Waals surface area contributed by atoms with Gasteiger partial charge in [0.1, 0.15) is 22.9 Å². The number of phenolic OH excluding ortho intramolecular Hbond substituents is 1. The second-order valence-electron chi connectivity index (χ2n) is 5.70. The van der Waals surface area contributed by atoms with Crippen molar-refractivity contribution in [1.82, 2.24) is 0 Å². The Morgan fingerprint density at radius 3 is 2.42 bits per heavy atom. The highest BCUT2D eigenvalue weighted by Crippen LogP contribution is 2.36. The quantitative estimate of drug-likeness (QED) is 0.719. The SMILES string of the molecule is CC(=O)C[C@H](c1ccc(O)cc1)c1c(O)c2ccccc2oc1=O. The van der Waals surface area contributed by atoms with Crippen molar-refractivity contribution in [3.8, 4) is 11.5 Å². The van der Waals surface area contributed by atoms with Crippen molar-refractivity contribution in [2.75, 3.05) is 0 Å². The van der Waals surface area contributed by atoms with E-state index < -0.39 is 11.5 Å². The molecule has 1 atom stereocenters. The maximum atomic E-state index is 12.4. The number of hydrogen-bond acceptors (Lipinski definition) is 5. The fourth-order valence-electron chi connectivity index (χ4n) is 2.84. The summed E-state index contributed by atoms with van der Waals surface area (Å²) in [5.74, 6) is -0.875. The van der Waals surface area contributed by atoms with Gasteiger partial charge in [0.15, 0.2) is 0 Å². The van der Waals surface area contributed by atoms with Gasteiger partial charge in [0.25, 0.3) is 0 Å². The molecule has 0 spiro atoms. The van der Waals surface area contributed by atoms with Gasteiger partial charge in [-0.15, -0.1) is 0 Å². The third-order valence-corrected chi connectivity index (χ3v) is 3.96. The van der Waals surface area contributed by atoms with Crippen LogP contribution in [0.4, 0.5) is 0 Å². The van der Waals surface area contributed by atoms with E-state index in [0.29, 0.717) is 10.9 Å². The number of para-hydroxylation sites is 1. The minimum Gasteiger partial charge on any atom is -0.508 e. The lowest BCUT2D eigenvalue weighted by atomic mass is 9.87. The van der Waals surface area contributed by atoms with Crippen LogP contribution in [0.1, 0.15) is 30.4 Å². The Bertz CT molecular complexity index is 954. The lowest BCUT2D eigenvalue weighted by Gasteiger charge is -2.17. The molecule has 3 aromatic rings. The van der Waals surface area contributed by atoms with Gasteiger partial charge < -0.3 is 14.6 Å². The Morgan fingerprint density at radius 1 is 1.08 bits per heavy atom. The topological polar surface area (TPSA) is 87.7 Å². The maximum Gasteiger partial charge on any atom is 0.343 e. The molecule has 0 aliphatic carbocycles. The third kappa shape index (κ3) is 2.88. The third-order valence-electron chi connectivity index (χ3n) is 3.96. The molecule has 0 saturated carbocycles. The van der Waals surface area contributed by atoms with Gasteiger partial charge in [-0.25, -0.2) is 4.79 Å². The summed E-state index contributed by atoms with van der Waals surface area (Å²) in [6.45, 7) is 1.42. The van der Waals surface area contributed by atoms with Crippen molar-refractivity contribution in [1.29, 1.82) is 0 Å². The summed E-state index contributed by atoms with van der Waals surface area (Å²) in [5.41, 5.74) is 0.303. The van der Waals surface area contributed by atoms with E-state index in [-0.39, 0.29) is 34.8 Å². The van der Waals surface area contributed by atoms with E-state index in [1.807, 2.05) is 0 Å². The van der Waals surface area contributed by atoms with E-state index in [9.17, 15) is 19.8 Å². The minimum absolute atomic E-state index is 0.0431. The highest BCUT2D eigenvalue weighted by Gasteiger charge is 2.25. The lowest BCUT2D eigenvalue weighted by Crippen LogP contribution is -2.16. The first-order valence-electron chi connectivity index (χ1n) is 7.50. The molecule has 1 aromatic heterocycles. The monoisotopic (exact) mass is 324 g/mol. The second kappa shape index (κ2) is 6.20. The normalized spacial score (nSPS) is 12.2. The summed E-state index contributed by atoms with van der Waals surface area (Å²) in [7, 11) is 0. The number of Topliss-reactive ketones (excluding diaryl/α,β-unsaturated/α-hetero) is 1. The molecule has 1 heterocycles. The number of fused-ring (bicyclic) bond motifs is 1. The van der Waals surface area contributed by atoms with Gasteiger partial charge in [-0.05, 0) is 36.8 Å². The molecule has 0 aliphatic rings. The molecule has 5 heteroatoms. The number of benzene rings is 2. The lowest BCUT2D eigenvalue weighted by molar-refractivity contribution is -0.117. The molecule has 0 fully saturated rings. The van der Waals surface area contributed by atoms with Gasteiger partial charge in [-0.2, -0.15) is 0 Å². The zero-order valence-corrected chi connectivity index (χ0v) is 13.0. The first-order valence-corrected chi connectivity index (χ1v) is 7.50. The molecule has 3 rings (SSSR count). The Kier molecular flexibility index (Phi) is 4.08. The largest absolute Gasteiger partial charge is 0.508 e. The van der Waals surface area contributed by atoms with E-state index >= 15 is 0 Å². The van der Waals surface area contributed by atoms with Crippen LogP contribution < -0.4 is 5.63 Å². The second-order valence-corrected chi connectivity index (χ2v) is 5.70. The fourth-order valence-corrected chi connectivity index (χ4v) is 2.84. The molecular weight excluding hydrogens is 308 g/mol. The van der Waals surface area contributed by atoms with Crippen LogP contribution in [0, 0.1) is 0 Å². The molecule has 0 unspecified atom stereocenters. The van der Waals surface area contributed by atoms with Crippen molar-refractivity contribution >= 4 is 16.8 Å². The number of carbonyl (C=O) groups is 1. The Hall–Kier alpha value is -3.08. The van der Waals surface area contributed by atoms with E-state index in [0.717, 1.165) is 0 Å². The first kappa shape index (κ1) is 15.8. The van der Waals surface area contributed by atoms with Gasteiger partial charge in [0, 0.05) is 12.3 Å². The molecule has 0 bridgehead atoms. The molecular formula is C19H16O5. The van der Waals surface area contributed by atoms with E-state index in [4.69, 9.17) is 4.42 Å². The minimum atomic E-state index is -0.675. The highest BCUT2D eigenvalue weighted by atomic mass is 16.4. The molecule has 2 N–H and O–H groups in total. The molecule has 122 valence electrons. The summed E-state index contributed by atoms with van der Waals surface area (Å²) in [4.78, 5) is 24.1. The van der Waals surface area contributed by atoms with Crippen molar-refractivity contribution < 1.29 is 19.4 Å². The standard InChI is InChI=1S/C19H16O5/c1-11(20)10-15(12-6-8-13(21)9-7-12)17-18(22)14-4-2-3-5-16(14)24-19(17)23/h2-9,15,21-22H,10H2,1H3/t15-/m1/s1. The van der Waals surface area contributed by atoms with Crippen molar-refractivity contribution in [3.05, 3.63) is 70.1 Å². The summed E-state index contributed by atoms with van der Waals surface area (Å²) in [6, 6.07) is 12.9. The van der Waals surface area contributed by atoms with Crippen LogP contribution in [-0.2, 0) is 4.79 Å². The van der Waals surface area contributed by atoms with Crippen molar-refractivity contribution in [2.24, 2.45) is 0 Å². The van der Waals surface area contributed by atoms with Crippen LogP contribution in [0.5, 0.6) is 11.5 Å². The molecule has 0 radical (unpaired) electrons. The zero-order valence-electron chi connectivity index (χ0n) is 13.0. The maximum absolute atomic E-state index is 12.4. The summed E-state index contributed by atoms with van der Waals surface area (Å²) in [5, 5.41) is 20.5. The predicted molar refractivity (Wildman–Crippen MR) is 89.4 cm³/mol. The number of carbonyl (C=O) groups excluding carboxylic acids is 1. The number of rotatable bonds is 4. The number of phenols is 1. The van der Waals surface area contributed by atoms with Crippen LogP contribution in [-0.4, -0.2) is 16.0 Å². The predicted octanol–water partition coefficient (Wildman–Crippen LogP) is 3.32. The summed E-state index contributed by atoms with van der Waals surface area (Å²) < 4.78 is 5.31. The molecule has 2 aromatic carbocycles. The molecule has 0 saturated heterocycles. The van der Waals surface area contributed by atoms with E-state index in [2.05, 4.69) is 0 Å². The Morgan fingerprint density at radius 2 is 1.75 bits per heavy atom. The van der Waals surface area contributed by atoms with Gasteiger partial charge >= 0.3 is 5.63 Å². The van der Waals surface area contributed by atoms with Gasteiger partial charge in [-0.3, -0.25) is 4.79 Å². The highest BCUT2D eigenvalue weighted by molar-refractivity contribution is 5.85. The van der Waals surface area contributed by atoms with Crippen molar-refractivity contribution in [2.45, 2.75) is 19.3 Å². The van der Waals surface area contributed by atoms with Gasteiger partial charge in [0.2, 0.25) is 0 Å². The average molecular weight is 324 g/mol. The molecule has 24 heavy (non-hydrogen) atoms. The van der Waals surface area contributed by atoms with E-state index in [1.54, 1.807) is 36.4 Å². The molecule has 0 aliphatic heterocycles. The van der Waals surface area contributed by atoms with E-state index in [1.165, 1.54) is 19.1 Å². The van der Waals surface area contributed by atoms with Crippen LogP contribution >= 0.6 is 0 Å². The number of ketones is 1. The first-order chi connectivity index (χ1) is 11.5. The Balaban J connectivity index is 2.24. The van der Waals surface area contributed by atoms with Crippen molar-refractivity contribution in [3.63, 3.8) is 0 Å². The van der Waals surface area contributed by atoms with Crippen LogP contribution in [0.3, 0.4) is 0 Å².